The summed E-state index contributed by atoms with van der Waals surface area (Å²) < 4.78 is 0. The standard InChI is InChI=1S/C7H8NOP/c1-5(9)6-2-3-7(10)8-4-6/h2-4H,10H2,1H3. The van der Waals surface area contributed by atoms with Crippen LogP contribution in [0.4, 0.5) is 0 Å². The maximum Gasteiger partial charge on any atom is 0.161 e. The molecule has 0 saturated carbocycles. The lowest BCUT2D eigenvalue weighted by Gasteiger charge is -1.93. The molecule has 1 unspecified atom stereocenters. The molecular formula is C7H8NOP. The van der Waals surface area contributed by atoms with Gasteiger partial charge in [-0.2, -0.15) is 0 Å². The number of aromatic nitrogens is 1. The molecule has 0 bridgehead atoms. The Balaban J connectivity index is 3.00. The number of pyridine rings is 1. The Morgan fingerprint density at radius 3 is 2.70 bits per heavy atom. The highest BCUT2D eigenvalue weighted by molar-refractivity contribution is 7.26. The molecule has 1 atom stereocenters. The lowest BCUT2D eigenvalue weighted by atomic mass is 10.2. The van der Waals surface area contributed by atoms with Crippen LogP contribution in [-0.4, -0.2) is 10.8 Å². The Kier molecular flexibility index (Phi) is 2.13. The van der Waals surface area contributed by atoms with E-state index in [2.05, 4.69) is 14.2 Å². The first-order chi connectivity index (χ1) is 4.70. The zero-order valence-corrected chi connectivity index (χ0v) is 6.82. The van der Waals surface area contributed by atoms with E-state index in [-0.39, 0.29) is 5.78 Å². The van der Waals surface area contributed by atoms with Gasteiger partial charge in [0.2, 0.25) is 0 Å². The predicted octanol–water partition coefficient (Wildman–Crippen LogP) is 0.785. The fourth-order valence-corrected chi connectivity index (χ4v) is 0.784. The largest absolute Gasteiger partial charge is 0.294 e. The summed E-state index contributed by atoms with van der Waals surface area (Å²) in [7, 11) is 2.46. The highest BCUT2D eigenvalue weighted by atomic mass is 31.0. The van der Waals surface area contributed by atoms with Gasteiger partial charge in [0.15, 0.2) is 5.78 Å². The van der Waals surface area contributed by atoms with Crippen molar-refractivity contribution in [3.8, 4) is 0 Å². The molecule has 0 amide bonds. The van der Waals surface area contributed by atoms with E-state index in [0.29, 0.717) is 5.56 Å². The van der Waals surface area contributed by atoms with Gasteiger partial charge < -0.3 is 0 Å². The van der Waals surface area contributed by atoms with Gasteiger partial charge in [0.25, 0.3) is 0 Å². The van der Waals surface area contributed by atoms with Crippen LogP contribution >= 0.6 is 9.24 Å². The van der Waals surface area contributed by atoms with Gasteiger partial charge in [-0.25, -0.2) is 0 Å². The van der Waals surface area contributed by atoms with Gasteiger partial charge in [-0.3, -0.25) is 9.78 Å². The van der Waals surface area contributed by atoms with Crippen molar-refractivity contribution in [3.05, 3.63) is 23.9 Å². The molecule has 2 nitrogen and oxygen atoms in total. The lowest BCUT2D eigenvalue weighted by molar-refractivity contribution is 0.101. The maximum atomic E-state index is 10.7. The van der Waals surface area contributed by atoms with Crippen molar-refractivity contribution < 1.29 is 4.79 Å². The van der Waals surface area contributed by atoms with Crippen LogP contribution in [0.25, 0.3) is 0 Å². The molecule has 0 spiro atoms. The van der Waals surface area contributed by atoms with E-state index in [1.165, 1.54) is 6.92 Å². The normalized spacial score (nSPS) is 9.40. The second kappa shape index (κ2) is 2.89. The van der Waals surface area contributed by atoms with Crippen molar-refractivity contribution in [2.24, 2.45) is 0 Å². The van der Waals surface area contributed by atoms with Gasteiger partial charge in [0, 0.05) is 11.8 Å². The summed E-state index contributed by atoms with van der Waals surface area (Å²) in [5.74, 6) is 0.0532. The van der Waals surface area contributed by atoms with E-state index < -0.39 is 0 Å². The van der Waals surface area contributed by atoms with E-state index in [9.17, 15) is 4.79 Å². The molecule has 1 rings (SSSR count). The number of ketones is 1. The van der Waals surface area contributed by atoms with Gasteiger partial charge in [-0.1, -0.05) is 9.24 Å². The van der Waals surface area contributed by atoms with Crippen molar-refractivity contribution in [3.63, 3.8) is 0 Å². The number of nitrogens with zero attached hydrogens (tertiary/aromatic N) is 1. The molecule has 1 aromatic rings. The second-order valence-electron chi connectivity index (χ2n) is 2.03. The topological polar surface area (TPSA) is 30.0 Å². The van der Waals surface area contributed by atoms with Crippen LogP contribution in [0.1, 0.15) is 17.3 Å². The quantitative estimate of drug-likeness (QED) is 0.441. The van der Waals surface area contributed by atoms with Crippen molar-refractivity contribution in [2.45, 2.75) is 6.92 Å². The summed E-state index contributed by atoms with van der Waals surface area (Å²) in [6.45, 7) is 1.53. The molecule has 52 valence electrons. The zero-order chi connectivity index (χ0) is 7.56. The number of hydrogen-bond donors (Lipinski definition) is 0. The summed E-state index contributed by atoms with van der Waals surface area (Å²) >= 11 is 0. The summed E-state index contributed by atoms with van der Waals surface area (Å²) in [6.07, 6.45) is 1.57. The minimum atomic E-state index is 0.0532. The Morgan fingerprint density at radius 2 is 2.30 bits per heavy atom. The number of Topliss-reactive ketones (excluding diaryl/α,β-unsaturated/α-hetero) is 1. The van der Waals surface area contributed by atoms with Gasteiger partial charge in [-0.05, 0) is 19.1 Å². The lowest BCUT2D eigenvalue weighted by Crippen LogP contribution is -2.00. The van der Waals surface area contributed by atoms with Crippen LogP contribution in [0, 0.1) is 0 Å². The summed E-state index contributed by atoms with van der Waals surface area (Å²) in [5, 5.41) is 0. The first-order valence-electron chi connectivity index (χ1n) is 2.92. The molecular weight excluding hydrogens is 145 g/mol. The minimum Gasteiger partial charge on any atom is -0.294 e. The molecule has 0 radical (unpaired) electrons. The van der Waals surface area contributed by atoms with E-state index in [1.54, 1.807) is 18.3 Å². The number of carbonyl (C=O) groups is 1. The molecule has 0 aliphatic rings. The molecule has 3 heteroatoms. The molecule has 1 heterocycles. The SMILES string of the molecule is CC(=O)c1ccc(P)nc1. The molecule has 1 aromatic heterocycles. The molecule has 0 aromatic carbocycles. The molecule has 0 saturated heterocycles. The molecule has 0 N–H and O–H groups in total. The second-order valence-corrected chi connectivity index (χ2v) is 2.62. The zero-order valence-electron chi connectivity index (χ0n) is 5.66. The number of carbonyl (C=O) groups excluding carboxylic acids is 1. The highest BCUT2D eigenvalue weighted by Crippen LogP contribution is 1.96. The highest BCUT2D eigenvalue weighted by Gasteiger charge is 1.96. The summed E-state index contributed by atoms with van der Waals surface area (Å²) in [6, 6.07) is 3.55. The van der Waals surface area contributed by atoms with Crippen molar-refractivity contribution >= 4 is 20.5 Å². The number of rotatable bonds is 1. The average molecular weight is 153 g/mol. The number of hydrogen-bond acceptors (Lipinski definition) is 2. The minimum absolute atomic E-state index is 0.0532. The Bertz CT molecular complexity index is 242. The van der Waals surface area contributed by atoms with E-state index in [1.807, 2.05) is 0 Å². The van der Waals surface area contributed by atoms with E-state index in [0.717, 1.165) is 5.44 Å². The van der Waals surface area contributed by atoms with Crippen molar-refractivity contribution in [2.75, 3.05) is 0 Å². The fraction of sp³-hybridized carbons (Fsp3) is 0.143. The molecule has 0 aliphatic carbocycles. The Morgan fingerprint density at radius 1 is 1.60 bits per heavy atom. The van der Waals surface area contributed by atoms with Crippen LogP contribution in [-0.2, 0) is 0 Å². The van der Waals surface area contributed by atoms with Crippen LogP contribution in [0.3, 0.4) is 0 Å². The monoisotopic (exact) mass is 153 g/mol. The summed E-state index contributed by atoms with van der Waals surface area (Å²) in [5.41, 5.74) is 1.51. The smallest absolute Gasteiger partial charge is 0.161 e. The van der Waals surface area contributed by atoms with Gasteiger partial charge in [0.05, 0.1) is 5.44 Å². The third kappa shape index (κ3) is 1.61. The third-order valence-electron chi connectivity index (χ3n) is 1.19. The molecule has 10 heavy (non-hydrogen) atoms. The van der Waals surface area contributed by atoms with Crippen molar-refractivity contribution in [1.82, 2.24) is 4.98 Å². The van der Waals surface area contributed by atoms with Crippen LogP contribution in [0.5, 0.6) is 0 Å². The van der Waals surface area contributed by atoms with Crippen LogP contribution < -0.4 is 5.44 Å². The predicted molar refractivity (Wildman–Crippen MR) is 43.6 cm³/mol. The van der Waals surface area contributed by atoms with Crippen LogP contribution in [0.2, 0.25) is 0 Å². The van der Waals surface area contributed by atoms with Crippen molar-refractivity contribution in [1.29, 1.82) is 0 Å². The third-order valence-corrected chi connectivity index (χ3v) is 1.53. The molecule has 0 fully saturated rings. The van der Waals surface area contributed by atoms with E-state index in [4.69, 9.17) is 0 Å². The molecule has 0 aliphatic heterocycles. The Labute approximate surface area is 61.9 Å². The first-order valence-corrected chi connectivity index (χ1v) is 3.50. The first kappa shape index (κ1) is 7.36. The van der Waals surface area contributed by atoms with Crippen LogP contribution in [0.15, 0.2) is 18.3 Å². The maximum absolute atomic E-state index is 10.7. The van der Waals surface area contributed by atoms with Gasteiger partial charge in [-0.15, -0.1) is 0 Å². The van der Waals surface area contributed by atoms with E-state index >= 15 is 0 Å². The fourth-order valence-electron chi connectivity index (χ4n) is 0.614. The Hall–Kier alpha value is -0.750. The van der Waals surface area contributed by atoms with Gasteiger partial charge in [0.1, 0.15) is 0 Å². The van der Waals surface area contributed by atoms with Gasteiger partial charge >= 0.3 is 0 Å². The average Bonchev–Trinajstić information content (AvgIpc) is 1.88. The summed E-state index contributed by atoms with van der Waals surface area (Å²) in [4.78, 5) is 14.7.